The number of aryl methyl sites for hydroxylation is 1. The van der Waals surface area contributed by atoms with Gasteiger partial charge in [-0.15, -0.1) is 0 Å². The number of halogens is 3. The van der Waals surface area contributed by atoms with Crippen molar-refractivity contribution < 1.29 is 17.9 Å². The van der Waals surface area contributed by atoms with E-state index in [2.05, 4.69) is 15.3 Å². The van der Waals surface area contributed by atoms with Crippen molar-refractivity contribution in [3.05, 3.63) is 52.6 Å². The molecule has 0 saturated carbocycles. The highest BCUT2D eigenvalue weighted by Crippen LogP contribution is 2.40. The lowest BCUT2D eigenvalue weighted by Crippen LogP contribution is -2.12. The summed E-state index contributed by atoms with van der Waals surface area (Å²) >= 11 is 0. The summed E-state index contributed by atoms with van der Waals surface area (Å²) in [5, 5.41) is 3.82. The Morgan fingerprint density at radius 1 is 1.21 bits per heavy atom. The van der Waals surface area contributed by atoms with Gasteiger partial charge in [0.25, 0.3) is 6.43 Å². The second kappa shape index (κ2) is 6.85. The van der Waals surface area contributed by atoms with Gasteiger partial charge >= 0.3 is 0 Å². The molecule has 1 aliphatic rings. The molecule has 0 aliphatic carbocycles. The summed E-state index contributed by atoms with van der Waals surface area (Å²) in [5.74, 6) is 0.725. The fourth-order valence-corrected chi connectivity index (χ4v) is 3.57. The van der Waals surface area contributed by atoms with E-state index in [1.54, 1.807) is 19.9 Å². The molecule has 0 amide bonds. The largest absolute Gasteiger partial charge is 0.491 e. The van der Waals surface area contributed by atoms with Crippen LogP contribution in [0.4, 0.5) is 24.7 Å². The first-order valence-electron chi connectivity index (χ1n) is 8.92. The zero-order valence-electron chi connectivity index (χ0n) is 15.4. The highest BCUT2D eigenvalue weighted by atomic mass is 19.3. The highest BCUT2D eigenvalue weighted by molar-refractivity contribution is 5.96. The molecule has 1 aromatic heterocycles. The molecule has 8 heteroatoms. The van der Waals surface area contributed by atoms with Crippen molar-refractivity contribution in [2.75, 3.05) is 17.7 Å². The maximum Gasteiger partial charge on any atom is 0.266 e. The number of anilines is 2. The maximum atomic E-state index is 14.5. The lowest BCUT2D eigenvalue weighted by atomic mass is 10.0. The van der Waals surface area contributed by atoms with E-state index in [1.165, 1.54) is 12.1 Å². The third kappa shape index (κ3) is 2.98. The molecule has 1 aliphatic heterocycles. The molecular formula is C20H19F3N4O. The van der Waals surface area contributed by atoms with Crippen molar-refractivity contribution in [1.82, 2.24) is 9.97 Å². The van der Waals surface area contributed by atoms with Crippen molar-refractivity contribution in [1.29, 1.82) is 0 Å². The van der Waals surface area contributed by atoms with E-state index in [1.807, 2.05) is 0 Å². The van der Waals surface area contributed by atoms with Crippen LogP contribution in [-0.2, 0) is 6.42 Å². The van der Waals surface area contributed by atoms with Crippen LogP contribution in [-0.4, -0.2) is 16.6 Å². The summed E-state index contributed by atoms with van der Waals surface area (Å²) in [6.45, 7) is 3.98. The Labute approximate surface area is 159 Å². The van der Waals surface area contributed by atoms with Gasteiger partial charge in [-0.05, 0) is 19.9 Å². The predicted molar refractivity (Wildman–Crippen MR) is 101 cm³/mol. The van der Waals surface area contributed by atoms with Gasteiger partial charge in [-0.3, -0.25) is 0 Å². The Morgan fingerprint density at radius 2 is 1.96 bits per heavy atom. The van der Waals surface area contributed by atoms with E-state index in [9.17, 15) is 13.2 Å². The van der Waals surface area contributed by atoms with E-state index in [4.69, 9.17) is 10.5 Å². The highest BCUT2D eigenvalue weighted by Gasteiger charge is 2.24. The van der Waals surface area contributed by atoms with Crippen LogP contribution in [0, 0.1) is 12.7 Å². The third-order valence-corrected chi connectivity index (χ3v) is 4.89. The van der Waals surface area contributed by atoms with Crippen LogP contribution in [0.5, 0.6) is 5.75 Å². The molecule has 0 spiro atoms. The van der Waals surface area contributed by atoms with Gasteiger partial charge in [-0.2, -0.15) is 0 Å². The Hall–Kier alpha value is -3.03. The Bertz CT molecular complexity index is 1070. The first kappa shape index (κ1) is 18.3. The number of fused-ring (bicyclic) bond motifs is 3. The lowest BCUT2D eigenvalue weighted by molar-refractivity contribution is 0.146. The molecule has 5 nitrogen and oxygen atoms in total. The number of nitrogens with zero attached hydrogens (tertiary/aromatic N) is 2. The Morgan fingerprint density at radius 3 is 2.71 bits per heavy atom. The summed E-state index contributed by atoms with van der Waals surface area (Å²) in [6.07, 6.45) is -2.19. The quantitative estimate of drug-likeness (QED) is 0.634. The fourth-order valence-electron chi connectivity index (χ4n) is 3.57. The predicted octanol–water partition coefficient (Wildman–Crippen LogP) is 4.71. The molecule has 146 valence electrons. The van der Waals surface area contributed by atoms with Gasteiger partial charge in [0.1, 0.15) is 23.2 Å². The number of nitrogen functional groups attached to an aromatic ring is 1. The second-order valence-electron chi connectivity index (χ2n) is 6.80. The van der Waals surface area contributed by atoms with Crippen LogP contribution in [0.3, 0.4) is 0 Å². The van der Waals surface area contributed by atoms with Crippen molar-refractivity contribution >= 4 is 22.4 Å². The SMILES string of the molecule is Cc1nc(N[C@H](C)c2cccc(C(F)F)c2F)c2cc(N)c3c(c2n1)CCO3. The molecule has 28 heavy (non-hydrogen) atoms. The van der Waals surface area contributed by atoms with E-state index in [0.29, 0.717) is 41.5 Å². The van der Waals surface area contributed by atoms with E-state index in [0.717, 1.165) is 17.1 Å². The molecule has 0 bridgehead atoms. The number of benzene rings is 2. The topological polar surface area (TPSA) is 73.1 Å². The fraction of sp³-hybridized carbons (Fsp3) is 0.300. The Balaban J connectivity index is 1.79. The number of hydrogen-bond acceptors (Lipinski definition) is 5. The standard InChI is InChI=1S/C20H19F3N4O/c1-9(11-4-3-5-12(16(11)21)19(22)23)25-20-14-8-15(24)18-13(6-7-28-18)17(14)26-10(2)27-20/h3-5,8-9,19H,6-7,24H2,1-2H3,(H,25,26,27)/t9-/m1/s1. The van der Waals surface area contributed by atoms with Crippen molar-refractivity contribution in [2.45, 2.75) is 32.7 Å². The first-order valence-corrected chi connectivity index (χ1v) is 8.92. The Kier molecular flexibility index (Phi) is 4.49. The van der Waals surface area contributed by atoms with Crippen LogP contribution in [0.25, 0.3) is 10.9 Å². The van der Waals surface area contributed by atoms with E-state index >= 15 is 0 Å². The van der Waals surface area contributed by atoms with Crippen molar-refractivity contribution in [3.8, 4) is 5.75 Å². The lowest BCUT2D eigenvalue weighted by Gasteiger charge is -2.19. The molecule has 1 atom stereocenters. The number of aromatic nitrogens is 2. The van der Waals surface area contributed by atoms with Gasteiger partial charge in [0.15, 0.2) is 0 Å². The monoisotopic (exact) mass is 388 g/mol. The van der Waals surface area contributed by atoms with E-state index < -0.39 is 23.8 Å². The molecule has 0 saturated heterocycles. The summed E-state index contributed by atoms with van der Waals surface area (Å²) in [4.78, 5) is 8.96. The normalized spacial score (nSPS) is 14.2. The van der Waals surface area contributed by atoms with Crippen LogP contribution in [0.2, 0.25) is 0 Å². The van der Waals surface area contributed by atoms with Crippen LogP contribution < -0.4 is 15.8 Å². The molecule has 3 N–H and O–H groups in total. The number of nitrogens with two attached hydrogens (primary N) is 1. The summed E-state index contributed by atoms with van der Waals surface area (Å²) in [5.41, 5.74) is 7.76. The summed E-state index contributed by atoms with van der Waals surface area (Å²) in [6, 6.07) is 5.12. The first-order chi connectivity index (χ1) is 13.4. The van der Waals surface area contributed by atoms with Gasteiger partial charge in [0, 0.05) is 22.9 Å². The van der Waals surface area contributed by atoms with Crippen LogP contribution in [0.15, 0.2) is 24.3 Å². The van der Waals surface area contributed by atoms with Crippen LogP contribution in [0.1, 0.15) is 41.9 Å². The number of ether oxygens (including phenoxy) is 1. The number of rotatable bonds is 4. The smallest absolute Gasteiger partial charge is 0.266 e. The molecule has 0 fully saturated rings. The molecule has 2 aromatic carbocycles. The van der Waals surface area contributed by atoms with Gasteiger partial charge < -0.3 is 15.8 Å². The van der Waals surface area contributed by atoms with Gasteiger partial charge in [0.2, 0.25) is 0 Å². The minimum atomic E-state index is -2.88. The van der Waals surface area contributed by atoms with Crippen molar-refractivity contribution in [3.63, 3.8) is 0 Å². The van der Waals surface area contributed by atoms with Crippen LogP contribution >= 0.6 is 0 Å². The third-order valence-electron chi connectivity index (χ3n) is 4.89. The zero-order chi connectivity index (χ0) is 20.0. The van der Waals surface area contributed by atoms with Gasteiger partial charge in [0.05, 0.1) is 29.4 Å². The molecule has 2 heterocycles. The molecular weight excluding hydrogens is 369 g/mol. The van der Waals surface area contributed by atoms with Gasteiger partial charge in [-0.1, -0.05) is 18.2 Å². The zero-order valence-corrected chi connectivity index (χ0v) is 15.4. The summed E-state index contributed by atoms with van der Waals surface area (Å²) in [7, 11) is 0. The van der Waals surface area contributed by atoms with Gasteiger partial charge in [-0.25, -0.2) is 23.1 Å². The second-order valence-corrected chi connectivity index (χ2v) is 6.80. The van der Waals surface area contributed by atoms with E-state index in [-0.39, 0.29) is 5.56 Å². The minimum Gasteiger partial charge on any atom is -0.491 e. The average molecular weight is 388 g/mol. The number of hydrogen-bond donors (Lipinski definition) is 2. The number of alkyl halides is 2. The average Bonchev–Trinajstić information content (AvgIpc) is 3.13. The molecule has 0 radical (unpaired) electrons. The number of nitrogens with one attached hydrogen (secondary N) is 1. The van der Waals surface area contributed by atoms with Crippen molar-refractivity contribution in [2.24, 2.45) is 0 Å². The molecule has 3 aromatic rings. The molecule has 0 unspecified atom stereocenters. The summed E-state index contributed by atoms with van der Waals surface area (Å²) < 4.78 is 46.2. The molecule has 4 rings (SSSR count). The maximum absolute atomic E-state index is 14.5. The minimum absolute atomic E-state index is 0.139.